The zero-order valence-corrected chi connectivity index (χ0v) is 14.9. The lowest BCUT2D eigenvalue weighted by Crippen LogP contribution is -2.22. The number of rotatable bonds is 4. The molecule has 1 fully saturated rings. The van der Waals surface area contributed by atoms with E-state index in [-0.39, 0.29) is 5.78 Å². The molecule has 0 amide bonds. The second kappa shape index (κ2) is 7.11. The molecule has 0 aliphatic carbocycles. The summed E-state index contributed by atoms with van der Waals surface area (Å²) in [5.41, 5.74) is 2.30. The van der Waals surface area contributed by atoms with Crippen molar-refractivity contribution in [1.29, 1.82) is 5.26 Å². The molecule has 4 nitrogen and oxygen atoms in total. The van der Waals surface area contributed by atoms with E-state index in [1.165, 1.54) is 16.9 Å². The normalized spacial score (nSPS) is 16.4. The zero-order chi connectivity index (χ0) is 17.9. The predicted molar refractivity (Wildman–Crippen MR) is 102 cm³/mol. The number of anilines is 1. The molecule has 0 spiro atoms. The van der Waals surface area contributed by atoms with Gasteiger partial charge in [0, 0.05) is 12.1 Å². The van der Waals surface area contributed by atoms with Crippen molar-refractivity contribution in [3.63, 3.8) is 0 Å². The van der Waals surface area contributed by atoms with Gasteiger partial charge in [-0.1, -0.05) is 53.8 Å². The van der Waals surface area contributed by atoms with Crippen LogP contribution >= 0.6 is 11.3 Å². The molecule has 3 aromatic rings. The maximum atomic E-state index is 12.7. The number of hydrogen-bond donors (Lipinski definition) is 0. The molecule has 0 saturated carbocycles. The Hall–Kier alpha value is -2.97. The van der Waals surface area contributed by atoms with E-state index < -0.39 is 0 Å². The minimum atomic E-state index is -0.0821. The third kappa shape index (κ3) is 3.12. The molecule has 4 rings (SSSR count). The molecule has 2 aromatic carbocycles. The number of benzene rings is 2. The van der Waals surface area contributed by atoms with E-state index in [9.17, 15) is 4.79 Å². The van der Waals surface area contributed by atoms with Gasteiger partial charge in [-0.15, -0.1) is 0 Å². The van der Waals surface area contributed by atoms with Gasteiger partial charge in [0.25, 0.3) is 0 Å². The minimum Gasteiger partial charge on any atom is -0.341 e. The molecule has 1 atom stereocenters. The number of carbonyl (C=O) groups is 1. The van der Waals surface area contributed by atoms with E-state index in [1.54, 1.807) is 30.5 Å². The van der Waals surface area contributed by atoms with Gasteiger partial charge in [-0.3, -0.25) is 4.79 Å². The molecule has 2 heterocycles. The number of aromatic nitrogens is 1. The summed E-state index contributed by atoms with van der Waals surface area (Å²) in [6, 6.07) is 19.6. The van der Waals surface area contributed by atoms with E-state index in [0.29, 0.717) is 22.0 Å². The van der Waals surface area contributed by atoms with Crippen molar-refractivity contribution >= 4 is 22.3 Å². The first kappa shape index (κ1) is 16.5. The highest BCUT2D eigenvalue weighted by Crippen LogP contribution is 2.38. The van der Waals surface area contributed by atoms with Gasteiger partial charge < -0.3 is 4.90 Å². The second-order valence-electron chi connectivity index (χ2n) is 6.29. The zero-order valence-electron chi connectivity index (χ0n) is 14.1. The van der Waals surface area contributed by atoms with Crippen LogP contribution < -0.4 is 4.90 Å². The number of nitrogens with zero attached hydrogens (tertiary/aromatic N) is 3. The Balaban J connectivity index is 1.59. The van der Waals surface area contributed by atoms with E-state index in [4.69, 9.17) is 5.26 Å². The summed E-state index contributed by atoms with van der Waals surface area (Å²) in [5.74, 6) is -0.0821. The molecule has 26 heavy (non-hydrogen) atoms. The van der Waals surface area contributed by atoms with Crippen LogP contribution in [0.3, 0.4) is 0 Å². The summed E-state index contributed by atoms with van der Waals surface area (Å²) in [7, 11) is 0. The fourth-order valence-electron chi connectivity index (χ4n) is 3.39. The van der Waals surface area contributed by atoms with Crippen LogP contribution in [0.1, 0.15) is 45.2 Å². The highest BCUT2D eigenvalue weighted by Gasteiger charge is 2.28. The van der Waals surface area contributed by atoms with Gasteiger partial charge in [0.15, 0.2) is 5.13 Å². The first-order valence-corrected chi connectivity index (χ1v) is 9.40. The summed E-state index contributed by atoms with van der Waals surface area (Å²) in [4.78, 5) is 20.2. The molecule has 0 radical (unpaired) electrons. The van der Waals surface area contributed by atoms with Gasteiger partial charge in [-0.2, -0.15) is 5.26 Å². The number of thiazole rings is 1. The molecule has 0 bridgehead atoms. The maximum Gasteiger partial charge on any atom is 0.204 e. The molecule has 5 heteroatoms. The Bertz CT molecular complexity index is 974. The van der Waals surface area contributed by atoms with Crippen LogP contribution in [0, 0.1) is 11.3 Å². The van der Waals surface area contributed by atoms with Gasteiger partial charge in [0.05, 0.1) is 28.7 Å². The SMILES string of the molecule is N#Cc1cccc(C(=O)c2cnc(N3CCCC3c3ccccc3)s2)c1. The molecule has 1 unspecified atom stereocenters. The number of hydrogen-bond acceptors (Lipinski definition) is 5. The summed E-state index contributed by atoms with van der Waals surface area (Å²) < 4.78 is 0. The van der Waals surface area contributed by atoms with E-state index in [2.05, 4.69) is 40.2 Å². The first-order chi connectivity index (χ1) is 12.8. The molecule has 0 N–H and O–H groups in total. The Labute approximate surface area is 156 Å². The van der Waals surface area contributed by atoms with Gasteiger partial charge in [-0.25, -0.2) is 4.98 Å². The summed E-state index contributed by atoms with van der Waals surface area (Å²) in [5, 5.41) is 9.91. The third-order valence-corrected chi connectivity index (χ3v) is 5.69. The smallest absolute Gasteiger partial charge is 0.204 e. The fraction of sp³-hybridized carbons (Fsp3) is 0.190. The third-order valence-electron chi connectivity index (χ3n) is 4.65. The minimum absolute atomic E-state index is 0.0821. The van der Waals surface area contributed by atoms with E-state index in [1.807, 2.05) is 6.07 Å². The lowest BCUT2D eigenvalue weighted by molar-refractivity contribution is 0.104. The summed E-state index contributed by atoms with van der Waals surface area (Å²) >= 11 is 1.43. The van der Waals surface area contributed by atoms with Crippen LogP contribution in [0.2, 0.25) is 0 Å². The number of ketones is 1. The molecular weight excluding hydrogens is 342 g/mol. The van der Waals surface area contributed by atoms with Crippen LogP contribution in [0.4, 0.5) is 5.13 Å². The quantitative estimate of drug-likeness (QED) is 0.640. The van der Waals surface area contributed by atoms with Gasteiger partial charge in [0.2, 0.25) is 5.78 Å². The Morgan fingerprint density at radius 2 is 2.04 bits per heavy atom. The largest absolute Gasteiger partial charge is 0.341 e. The van der Waals surface area contributed by atoms with Crippen molar-refractivity contribution in [1.82, 2.24) is 4.98 Å². The fourth-order valence-corrected chi connectivity index (χ4v) is 4.35. The van der Waals surface area contributed by atoms with Crippen molar-refractivity contribution in [2.24, 2.45) is 0 Å². The second-order valence-corrected chi connectivity index (χ2v) is 7.30. The standard InChI is InChI=1S/C21H17N3OS/c22-13-15-6-4-9-17(12-15)20(25)19-14-23-21(26-19)24-11-5-10-18(24)16-7-2-1-3-8-16/h1-4,6-9,12,14,18H,5,10-11H2. The summed E-state index contributed by atoms with van der Waals surface area (Å²) in [6.45, 7) is 0.949. The molecular formula is C21H17N3OS. The monoisotopic (exact) mass is 359 g/mol. The topological polar surface area (TPSA) is 57.0 Å². The number of carbonyl (C=O) groups excluding carboxylic acids is 1. The van der Waals surface area contributed by atoms with Gasteiger partial charge in [0.1, 0.15) is 0 Å². The first-order valence-electron chi connectivity index (χ1n) is 8.58. The molecule has 1 aliphatic rings. The van der Waals surface area contributed by atoms with Gasteiger partial charge >= 0.3 is 0 Å². The van der Waals surface area contributed by atoms with Crippen molar-refractivity contribution in [3.05, 3.63) is 82.4 Å². The van der Waals surface area contributed by atoms with Crippen LogP contribution in [-0.2, 0) is 0 Å². The molecule has 1 saturated heterocycles. The van der Waals surface area contributed by atoms with Crippen molar-refractivity contribution in [2.75, 3.05) is 11.4 Å². The average molecular weight is 359 g/mol. The van der Waals surface area contributed by atoms with Crippen LogP contribution in [0.15, 0.2) is 60.8 Å². The highest BCUT2D eigenvalue weighted by molar-refractivity contribution is 7.17. The predicted octanol–water partition coefficient (Wildman–Crippen LogP) is 4.59. The van der Waals surface area contributed by atoms with Crippen LogP contribution in [0.5, 0.6) is 0 Å². The molecule has 128 valence electrons. The summed E-state index contributed by atoms with van der Waals surface area (Å²) in [6.07, 6.45) is 3.87. The highest BCUT2D eigenvalue weighted by atomic mass is 32.1. The number of nitriles is 1. The van der Waals surface area contributed by atoms with Crippen molar-refractivity contribution < 1.29 is 4.79 Å². The lowest BCUT2D eigenvalue weighted by atomic mass is 10.1. The van der Waals surface area contributed by atoms with Gasteiger partial charge in [-0.05, 0) is 30.5 Å². The Morgan fingerprint density at radius 3 is 2.85 bits per heavy atom. The Morgan fingerprint density at radius 1 is 1.19 bits per heavy atom. The Kier molecular flexibility index (Phi) is 4.51. The van der Waals surface area contributed by atoms with Crippen LogP contribution in [-0.4, -0.2) is 17.3 Å². The average Bonchev–Trinajstić information content (AvgIpc) is 3.37. The van der Waals surface area contributed by atoms with Crippen molar-refractivity contribution in [3.8, 4) is 6.07 Å². The maximum absolute atomic E-state index is 12.7. The molecule has 1 aliphatic heterocycles. The van der Waals surface area contributed by atoms with Crippen LogP contribution in [0.25, 0.3) is 0 Å². The van der Waals surface area contributed by atoms with Crippen molar-refractivity contribution in [2.45, 2.75) is 18.9 Å². The molecule has 1 aromatic heterocycles. The van der Waals surface area contributed by atoms with E-state index >= 15 is 0 Å². The van der Waals surface area contributed by atoms with E-state index in [0.717, 1.165) is 24.5 Å². The lowest BCUT2D eigenvalue weighted by Gasteiger charge is -2.24.